The predicted molar refractivity (Wildman–Crippen MR) is 106 cm³/mol. The van der Waals surface area contributed by atoms with Crippen molar-refractivity contribution in [1.29, 1.82) is 0 Å². The van der Waals surface area contributed by atoms with Crippen molar-refractivity contribution in [3.8, 4) is 0 Å². The van der Waals surface area contributed by atoms with Crippen molar-refractivity contribution in [1.82, 2.24) is 9.21 Å². The molecule has 0 N–H and O–H groups in total. The molecule has 6 heteroatoms. The fourth-order valence-electron chi connectivity index (χ4n) is 3.41. The first-order valence-electron chi connectivity index (χ1n) is 9.35. The molecule has 0 spiro atoms. The van der Waals surface area contributed by atoms with Crippen LogP contribution in [-0.2, 0) is 10.0 Å². The summed E-state index contributed by atoms with van der Waals surface area (Å²) < 4.78 is 27.2. The second-order valence-corrected chi connectivity index (χ2v) is 8.81. The van der Waals surface area contributed by atoms with Gasteiger partial charge in [0.15, 0.2) is 5.78 Å². The van der Waals surface area contributed by atoms with E-state index >= 15 is 0 Å². The standard InChI is InChI=1S/C21H26N2O3S/c1-18-8-5-6-12-21(18)27(25,26)23-16-14-22(15-17-23)13-7-11-20(24)19-9-3-2-4-10-19/h2-6,8-10,12H,7,11,13-17H2,1H3. The SMILES string of the molecule is Cc1ccccc1S(=O)(=O)N1CCN(CCCC(=O)c2ccccc2)CC1. The van der Waals surface area contributed by atoms with Gasteiger partial charge in [0.05, 0.1) is 4.90 Å². The average Bonchev–Trinajstić information content (AvgIpc) is 2.69. The Morgan fingerprint density at radius 1 is 0.926 bits per heavy atom. The van der Waals surface area contributed by atoms with Crippen LogP contribution in [0.15, 0.2) is 59.5 Å². The first kappa shape index (κ1) is 19.7. The number of Topliss-reactive ketones (excluding diaryl/α,β-unsaturated/α-hetero) is 1. The van der Waals surface area contributed by atoms with E-state index < -0.39 is 10.0 Å². The number of benzene rings is 2. The molecule has 144 valence electrons. The van der Waals surface area contributed by atoms with Crippen molar-refractivity contribution in [2.24, 2.45) is 0 Å². The van der Waals surface area contributed by atoms with Crippen LogP contribution in [0.1, 0.15) is 28.8 Å². The van der Waals surface area contributed by atoms with Crippen LogP contribution in [0.4, 0.5) is 0 Å². The van der Waals surface area contributed by atoms with Crippen molar-refractivity contribution in [3.05, 3.63) is 65.7 Å². The number of aryl methyl sites for hydroxylation is 1. The zero-order chi connectivity index (χ0) is 19.3. The van der Waals surface area contributed by atoms with Crippen LogP contribution in [0, 0.1) is 6.92 Å². The maximum absolute atomic E-state index is 12.8. The van der Waals surface area contributed by atoms with Crippen LogP contribution in [0.2, 0.25) is 0 Å². The third kappa shape index (κ3) is 4.83. The molecule has 1 aliphatic rings. The molecule has 5 nitrogen and oxygen atoms in total. The number of carbonyl (C=O) groups is 1. The van der Waals surface area contributed by atoms with Gasteiger partial charge in [-0.05, 0) is 31.5 Å². The van der Waals surface area contributed by atoms with E-state index in [1.54, 1.807) is 16.4 Å². The zero-order valence-electron chi connectivity index (χ0n) is 15.7. The van der Waals surface area contributed by atoms with Gasteiger partial charge in [0, 0.05) is 38.2 Å². The molecule has 0 bridgehead atoms. The number of ketones is 1. The molecule has 27 heavy (non-hydrogen) atoms. The van der Waals surface area contributed by atoms with Gasteiger partial charge in [-0.3, -0.25) is 4.79 Å². The highest BCUT2D eigenvalue weighted by atomic mass is 32.2. The molecule has 1 saturated heterocycles. The molecule has 3 rings (SSSR count). The molecule has 0 radical (unpaired) electrons. The minimum Gasteiger partial charge on any atom is -0.301 e. The molecule has 2 aromatic carbocycles. The van der Waals surface area contributed by atoms with Crippen molar-refractivity contribution < 1.29 is 13.2 Å². The lowest BCUT2D eigenvalue weighted by Gasteiger charge is -2.34. The molecule has 0 atom stereocenters. The van der Waals surface area contributed by atoms with Crippen molar-refractivity contribution >= 4 is 15.8 Å². The number of rotatable bonds is 7. The van der Waals surface area contributed by atoms with Gasteiger partial charge in [-0.1, -0.05) is 48.5 Å². The van der Waals surface area contributed by atoms with Crippen molar-refractivity contribution in [3.63, 3.8) is 0 Å². The van der Waals surface area contributed by atoms with E-state index in [-0.39, 0.29) is 5.78 Å². The molecule has 1 heterocycles. The normalized spacial score (nSPS) is 16.3. The lowest BCUT2D eigenvalue weighted by Crippen LogP contribution is -2.48. The van der Waals surface area contributed by atoms with Crippen LogP contribution < -0.4 is 0 Å². The third-order valence-corrected chi connectivity index (χ3v) is 7.08. The van der Waals surface area contributed by atoms with Crippen molar-refractivity contribution in [2.45, 2.75) is 24.7 Å². The maximum Gasteiger partial charge on any atom is 0.243 e. The van der Waals surface area contributed by atoms with E-state index in [4.69, 9.17) is 0 Å². The number of nitrogens with zero attached hydrogens (tertiary/aromatic N) is 2. The average molecular weight is 387 g/mol. The summed E-state index contributed by atoms with van der Waals surface area (Å²) in [5, 5.41) is 0. The quantitative estimate of drug-likeness (QED) is 0.687. The van der Waals surface area contributed by atoms with Gasteiger partial charge in [0.25, 0.3) is 0 Å². The number of carbonyl (C=O) groups excluding carboxylic acids is 1. The van der Waals surface area contributed by atoms with Gasteiger partial charge in [-0.25, -0.2) is 8.42 Å². The largest absolute Gasteiger partial charge is 0.301 e. The topological polar surface area (TPSA) is 57.7 Å². The highest BCUT2D eigenvalue weighted by molar-refractivity contribution is 7.89. The van der Waals surface area contributed by atoms with Crippen LogP contribution >= 0.6 is 0 Å². The van der Waals surface area contributed by atoms with Crippen LogP contribution in [0.3, 0.4) is 0 Å². The summed E-state index contributed by atoms with van der Waals surface area (Å²) in [6.45, 7) is 5.02. The summed E-state index contributed by atoms with van der Waals surface area (Å²) in [6.07, 6.45) is 1.31. The first-order chi connectivity index (χ1) is 13.0. The fraction of sp³-hybridized carbons (Fsp3) is 0.381. The fourth-order valence-corrected chi connectivity index (χ4v) is 5.06. The minimum atomic E-state index is -3.43. The predicted octanol–water partition coefficient (Wildman–Crippen LogP) is 2.96. The Balaban J connectivity index is 1.48. The number of sulfonamides is 1. The van der Waals surface area contributed by atoms with Crippen LogP contribution in [0.25, 0.3) is 0 Å². The Morgan fingerprint density at radius 2 is 1.56 bits per heavy atom. The zero-order valence-corrected chi connectivity index (χ0v) is 16.5. The minimum absolute atomic E-state index is 0.163. The number of piperazine rings is 1. The third-order valence-electron chi connectivity index (χ3n) is 5.02. The Hall–Kier alpha value is -2.02. The molecule has 0 amide bonds. The maximum atomic E-state index is 12.8. The first-order valence-corrected chi connectivity index (χ1v) is 10.8. The summed E-state index contributed by atoms with van der Waals surface area (Å²) in [6, 6.07) is 16.5. The Kier molecular flexibility index (Phi) is 6.42. The molecule has 1 aliphatic heterocycles. The summed E-state index contributed by atoms with van der Waals surface area (Å²) >= 11 is 0. The Labute approximate surface area is 161 Å². The molecule has 0 unspecified atom stereocenters. The van der Waals surface area contributed by atoms with E-state index in [1.165, 1.54) is 0 Å². The van der Waals surface area contributed by atoms with E-state index in [2.05, 4.69) is 4.90 Å². The smallest absolute Gasteiger partial charge is 0.243 e. The van der Waals surface area contributed by atoms with E-state index in [1.807, 2.05) is 49.4 Å². The van der Waals surface area contributed by atoms with Crippen molar-refractivity contribution in [2.75, 3.05) is 32.7 Å². The van der Waals surface area contributed by atoms with Gasteiger partial charge in [0.2, 0.25) is 10.0 Å². The summed E-state index contributed by atoms with van der Waals surface area (Å²) in [4.78, 5) is 14.8. The monoisotopic (exact) mass is 386 g/mol. The van der Waals surface area contributed by atoms with E-state index in [0.717, 1.165) is 24.1 Å². The highest BCUT2D eigenvalue weighted by Crippen LogP contribution is 2.21. The van der Waals surface area contributed by atoms with Gasteiger partial charge in [0.1, 0.15) is 0 Å². The van der Waals surface area contributed by atoms with Gasteiger partial charge < -0.3 is 4.90 Å². The second kappa shape index (κ2) is 8.78. The van der Waals surface area contributed by atoms with Crippen LogP contribution in [0.5, 0.6) is 0 Å². The number of hydrogen-bond donors (Lipinski definition) is 0. The molecule has 0 aromatic heterocycles. The van der Waals surface area contributed by atoms with Gasteiger partial charge in [-0.15, -0.1) is 0 Å². The molecule has 2 aromatic rings. The highest BCUT2D eigenvalue weighted by Gasteiger charge is 2.29. The van der Waals surface area contributed by atoms with Gasteiger partial charge in [-0.2, -0.15) is 4.31 Å². The number of hydrogen-bond acceptors (Lipinski definition) is 4. The summed E-state index contributed by atoms with van der Waals surface area (Å²) in [7, 11) is -3.43. The lowest BCUT2D eigenvalue weighted by molar-refractivity contribution is 0.0971. The molecule has 0 saturated carbocycles. The van der Waals surface area contributed by atoms with Crippen LogP contribution in [-0.4, -0.2) is 56.1 Å². The van der Waals surface area contributed by atoms with E-state index in [9.17, 15) is 13.2 Å². The molecular weight excluding hydrogens is 360 g/mol. The van der Waals surface area contributed by atoms with Gasteiger partial charge >= 0.3 is 0 Å². The molecule has 1 fully saturated rings. The summed E-state index contributed by atoms with van der Waals surface area (Å²) in [5.74, 6) is 0.163. The Morgan fingerprint density at radius 3 is 2.22 bits per heavy atom. The molecule has 0 aliphatic carbocycles. The lowest BCUT2D eigenvalue weighted by atomic mass is 10.1. The molecular formula is C21H26N2O3S. The van der Waals surface area contributed by atoms with E-state index in [0.29, 0.717) is 37.5 Å². The Bertz CT molecular complexity index is 873. The second-order valence-electron chi connectivity index (χ2n) is 6.90. The summed E-state index contributed by atoms with van der Waals surface area (Å²) in [5.41, 5.74) is 1.53.